The lowest BCUT2D eigenvalue weighted by Gasteiger charge is -2.17. The molecule has 1 aliphatic heterocycles. The van der Waals surface area contributed by atoms with Crippen LogP contribution in [0.3, 0.4) is 0 Å². The molecule has 28 heavy (non-hydrogen) atoms. The van der Waals surface area contributed by atoms with Gasteiger partial charge in [-0.1, -0.05) is 30.3 Å². The summed E-state index contributed by atoms with van der Waals surface area (Å²) in [6.07, 6.45) is 3.40. The van der Waals surface area contributed by atoms with E-state index in [0.29, 0.717) is 18.9 Å². The number of hydrogen-bond acceptors (Lipinski definition) is 4. The molecular formula is C20H28IN5OS. The fraction of sp³-hybridized carbons (Fsp3) is 0.450. The largest absolute Gasteiger partial charge is 0.356 e. The number of thiazole rings is 1. The van der Waals surface area contributed by atoms with E-state index in [9.17, 15) is 4.79 Å². The molecular weight excluding hydrogens is 485 g/mol. The third-order valence-corrected chi connectivity index (χ3v) is 5.60. The number of nitrogens with zero attached hydrogens (tertiary/aromatic N) is 3. The van der Waals surface area contributed by atoms with E-state index in [2.05, 4.69) is 32.7 Å². The lowest BCUT2D eigenvalue weighted by Crippen LogP contribution is -2.39. The van der Waals surface area contributed by atoms with Crippen molar-refractivity contribution in [3.8, 4) is 0 Å². The molecule has 1 unspecified atom stereocenters. The number of rotatable bonds is 7. The Morgan fingerprint density at radius 1 is 1.32 bits per heavy atom. The lowest BCUT2D eigenvalue weighted by molar-refractivity contribution is -0.127. The van der Waals surface area contributed by atoms with Crippen LogP contribution in [0.2, 0.25) is 0 Å². The number of likely N-dealkylation sites (tertiary alicyclic amines) is 1. The summed E-state index contributed by atoms with van der Waals surface area (Å²) >= 11 is 1.68. The van der Waals surface area contributed by atoms with E-state index in [1.165, 1.54) is 10.4 Å². The van der Waals surface area contributed by atoms with Gasteiger partial charge in [-0.05, 0) is 18.9 Å². The molecule has 3 rings (SSSR count). The molecule has 152 valence electrons. The van der Waals surface area contributed by atoms with Gasteiger partial charge in [0.1, 0.15) is 0 Å². The Balaban J connectivity index is 0.00000280. The highest BCUT2D eigenvalue weighted by Crippen LogP contribution is 2.17. The summed E-state index contributed by atoms with van der Waals surface area (Å²) in [5.74, 6) is 1.33. The van der Waals surface area contributed by atoms with Gasteiger partial charge < -0.3 is 15.5 Å². The van der Waals surface area contributed by atoms with Gasteiger partial charge >= 0.3 is 0 Å². The standard InChI is InChI=1S/C20H27N5OS.HI/c1-15-22-12-18(27-15)13-24-20(21-2)23-11-17-10-19(26)25(14-17)9-8-16-6-4-3-5-7-16;/h3-7,12,17H,8-11,13-14H2,1-2H3,(H2,21,23,24);1H. The van der Waals surface area contributed by atoms with Crippen molar-refractivity contribution < 1.29 is 4.79 Å². The number of carbonyl (C=O) groups excluding carboxylic acids is 1. The smallest absolute Gasteiger partial charge is 0.223 e. The van der Waals surface area contributed by atoms with Gasteiger partial charge in [0, 0.05) is 50.1 Å². The van der Waals surface area contributed by atoms with Crippen LogP contribution in [0.1, 0.15) is 21.9 Å². The minimum absolute atomic E-state index is 0. The minimum Gasteiger partial charge on any atom is -0.356 e. The second-order valence-electron chi connectivity index (χ2n) is 6.80. The summed E-state index contributed by atoms with van der Waals surface area (Å²) < 4.78 is 0. The predicted molar refractivity (Wildman–Crippen MR) is 125 cm³/mol. The van der Waals surface area contributed by atoms with E-state index in [0.717, 1.165) is 37.0 Å². The summed E-state index contributed by atoms with van der Waals surface area (Å²) in [7, 11) is 1.76. The Bertz CT molecular complexity index is 780. The van der Waals surface area contributed by atoms with Crippen LogP contribution in [0.5, 0.6) is 0 Å². The first kappa shape index (κ1) is 22.6. The molecule has 0 bridgehead atoms. The molecule has 8 heteroatoms. The number of aromatic nitrogens is 1. The number of hydrogen-bond donors (Lipinski definition) is 2. The van der Waals surface area contributed by atoms with Crippen LogP contribution >= 0.6 is 35.3 Å². The maximum Gasteiger partial charge on any atom is 0.223 e. The molecule has 1 atom stereocenters. The minimum atomic E-state index is 0. The van der Waals surface area contributed by atoms with Crippen LogP contribution in [-0.4, -0.2) is 48.4 Å². The molecule has 1 aromatic heterocycles. The first-order valence-electron chi connectivity index (χ1n) is 9.31. The van der Waals surface area contributed by atoms with E-state index in [4.69, 9.17) is 0 Å². The number of aryl methyl sites for hydroxylation is 1. The number of amides is 1. The number of benzene rings is 1. The summed E-state index contributed by atoms with van der Waals surface area (Å²) in [6, 6.07) is 10.3. The highest BCUT2D eigenvalue weighted by Gasteiger charge is 2.29. The zero-order valence-electron chi connectivity index (χ0n) is 16.4. The number of nitrogens with one attached hydrogen (secondary N) is 2. The van der Waals surface area contributed by atoms with E-state index < -0.39 is 0 Å². The number of aliphatic imine (C=N–C) groups is 1. The van der Waals surface area contributed by atoms with Gasteiger partial charge in [0.15, 0.2) is 5.96 Å². The molecule has 1 amide bonds. The van der Waals surface area contributed by atoms with Crippen LogP contribution in [-0.2, 0) is 17.8 Å². The van der Waals surface area contributed by atoms with Crippen LogP contribution in [0, 0.1) is 12.8 Å². The Hall–Kier alpha value is -1.68. The molecule has 2 aromatic rings. The molecule has 2 N–H and O–H groups in total. The first-order chi connectivity index (χ1) is 13.1. The van der Waals surface area contributed by atoms with Crippen molar-refractivity contribution >= 4 is 47.2 Å². The summed E-state index contributed by atoms with van der Waals surface area (Å²) in [6.45, 7) is 5.05. The first-order valence-corrected chi connectivity index (χ1v) is 10.1. The molecule has 0 spiro atoms. The van der Waals surface area contributed by atoms with Crippen molar-refractivity contribution in [1.82, 2.24) is 20.5 Å². The quantitative estimate of drug-likeness (QED) is 0.340. The second-order valence-corrected chi connectivity index (χ2v) is 8.12. The van der Waals surface area contributed by atoms with Gasteiger partial charge in [0.2, 0.25) is 5.91 Å². The van der Waals surface area contributed by atoms with Gasteiger partial charge in [0.05, 0.1) is 11.6 Å². The Morgan fingerprint density at radius 3 is 2.79 bits per heavy atom. The van der Waals surface area contributed by atoms with E-state index in [1.54, 1.807) is 18.4 Å². The van der Waals surface area contributed by atoms with Crippen LogP contribution in [0.25, 0.3) is 0 Å². The van der Waals surface area contributed by atoms with Gasteiger partial charge in [-0.2, -0.15) is 0 Å². The normalized spacial score (nSPS) is 16.8. The number of halogens is 1. The summed E-state index contributed by atoms with van der Waals surface area (Å²) in [4.78, 5) is 24.0. The van der Waals surface area contributed by atoms with E-state index in [1.807, 2.05) is 36.2 Å². The molecule has 1 fully saturated rings. The fourth-order valence-corrected chi connectivity index (χ4v) is 3.97. The van der Waals surface area contributed by atoms with Crippen LogP contribution in [0.15, 0.2) is 41.5 Å². The van der Waals surface area contributed by atoms with Gasteiger partial charge in [-0.3, -0.25) is 9.79 Å². The summed E-state index contributed by atoms with van der Waals surface area (Å²) in [5, 5.41) is 7.72. The predicted octanol–water partition coefficient (Wildman–Crippen LogP) is 2.83. The maximum absolute atomic E-state index is 12.3. The highest BCUT2D eigenvalue weighted by atomic mass is 127. The molecule has 1 aliphatic rings. The Morgan fingerprint density at radius 2 is 2.11 bits per heavy atom. The van der Waals surface area contributed by atoms with E-state index in [-0.39, 0.29) is 29.9 Å². The van der Waals surface area contributed by atoms with Crippen molar-refractivity contribution in [3.63, 3.8) is 0 Å². The summed E-state index contributed by atoms with van der Waals surface area (Å²) in [5.41, 5.74) is 1.27. The third kappa shape index (κ3) is 6.73. The van der Waals surface area contributed by atoms with Gasteiger partial charge in [-0.15, -0.1) is 35.3 Å². The van der Waals surface area contributed by atoms with Crippen LogP contribution < -0.4 is 10.6 Å². The maximum atomic E-state index is 12.3. The number of carbonyl (C=O) groups is 1. The van der Waals surface area contributed by atoms with Crippen molar-refractivity contribution in [2.75, 3.05) is 26.7 Å². The van der Waals surface area contributed by atoms with Crippen molar-refractivity contribution in [2.45, 2.75) is 26.3 Å². The highest BCUT2D eigenvalue weighted by molar-refractivity contribution is 14.0. The zero-order valence-corrected chi connectivity index (χ0v) is 19.5. The number of guanidine groups is 1. The van der Waals surface area contributed by atoms with Crippen molar-refractivity contribution in [1.29, 1.82) is 0 Å². The monoisotopic (exact) mass is 513 g/mol. The molecule has 0 aliphatic carbocycles. The SMILES string of the molecule is CN=C(NCc1cnc(C)s1)NCC1CC(=O)N(CCc2ccccc2)C1.I. The molecule has 2 heterocycles. The average Bonchev–Trinajstić information content (AvgIpc) is 3.26. The molecule has 0 saturated carbocycles. The van der Waals surface area contributed by atoms with Gasteiger partial charge in [0.25, 0.3) is 0 Å². The molecule has 6 nitrogen and oxygen atoms in total. The van der Waals surface area contributed by atoms with E-state index >= 15 is 0 Å². The zero-order chi connectivity index (χ0) is 19.1. The topological polar surface area (TPSA) is 69.6 Å². The molecule has 1 aromatic carbocycles. The second kappa shape index (κ2) is 11.4. The van der Waals surface area contributed by atoms with Crippen LogP contribution in [0.4, 0.5) is 0 Å². The Kier molecular flexibility index (Phi) is 9.17. The average molecular weight is 513 g/mol. The lowest BCUT2D eigenvalue weighted by atomic mass is 10.1. The Labute approximate surface area is 187 Å². The van der Waals surface area contributed by atoms with Gasteiger partial charge in [-0.25, -0.2) is 4.98 Å². The van der Waals surface area contributed by atoms with Crippen molar-refractivity contribution in [3.05, 3.63) is 52.0 Å². The fourth-order valence-electron chi connectivity index (χ4n) is 3.24. The molecule has 1 saturated heterocycles. The van der Waals surface area contributed by atoms with Crippen molar-refractivity contribution in [2.24, 2.45) is 10.9 Å². The third-order valence-electron chi connectivity index (χ3n) is 4.69. The molecule has 0 radical (unpaired) electrons.